The zero-order valence-electron chi connectivity index (χ0n) is 6.16. The number of carboxylic acids is 1. The Labute approximate surface area is 78.8 Å². The number of nitrogens with two attached hydrogens (primary N) is 1. The lowest BCUT2D eigenvalue weighted by molar-refractivity contribution is -0.137. The van der Waals surface area contributed by atoms with Crippen molar-refractivity contribution < 1.29 is 9.90 Å². The Morgan fingerprint density at radius 2 is 2.42 bits per heavy atom. The van der Waals surface area contributed by atoms with E-state index in [0.29, 0.717) is 10.6 Å². The fourth-order valence-electron chi connectivity index (χ4n) is 0.854. The minimum absolute atomic E-state index is 0.0869. The van der Waals surface area contributed by atoms with E-state index < -0.39 is 12.0 Å². The first-order chi connectivity index (χ1) is 5.61. The van der Waals surface area contributed by atoms with Gasteiger partial charge in [0, 0.05) is 11.4 Å². The summed E-state index contributed by atoms with van der Waals surface area (Å²) in [4.78, 5) is 10.3. The number of rotatable bonds is 3. The van der Waals surface area contributed by atoms with E-state index in [0.717, 1.165) is 0 Å². The maximum atomic E-state index is 10.3. The van der Waals surface area contributed by atoms with Crippen molar-refractivity contribution in [3.05, 3.63) is 21.3 Å². The molecule has 0 saturated heterocycles. The molecule has 3 N–H and O–H groups in total. The second-order valence-corrected chi connectivity index (χ2v) is 3.53. The predicted octanol–water partition coefficient (Wildman–Crippen LogP) is 1.88. The molecule has 1 aromatic rings. The van der Waals surface area contributed by atoms with Crippen LogP contribution >= 0.6 is 22.9 Å². The monoisotopic (exact) mass is 205 g/mol. The van der Waals surface area contributed by atoms with Crippen LogP contribution in [-0.4, -0.2) is 11.1 Å². The third kappa shape index (κ3) is 2.20. The summed E-state index contributed by atoms with van der Waals surface area (Å²) in [5.74, 6) is -0.912. The SMILES string of the molecule is N[C@@H](CC(=O)O)c1cscc1Cl. The van der Waals surface area contributed by atoms with Gasteiger partial charge in [-0.2, -0.15) is 11.3 Å². The van der Waals surface area contributed by atoms with Crippen LogP contribution < -0.4 is 5.73 Å². The number of halogens is 1. The molecular weight excluding hydrogens is 198 g/mol. The van der Waals surface area contributed by atoms with E-state index in [9.17, 15) is 4.79 Å². The van der Waals surface area contributed by atoms with Crippen LogP contribution in [0.15, 0.2) is 10.8 Å². The molecule has 0 saturated carbocycles. The molecule has 0 aliphatic rings. The van der Waals surface area contributed by atoms with Gasteiger partial charge in [-0.3, -0.25) is 4.79 Å². The summed E-state index contributed by atoms with van der Waals surface area (Å²) in [6, 6.07) is -0.499. The van der Waals surface area contributed by atoms with E-state index in [-0.39, 0.29) is 6.42 Å². The van der Waals surface area contributed by atoms with Crippen molar-refractivity contribution >= 4 is 28.9 Å². The van der Waals surface area contributed by atoms with E-state index in [1.54, 1.807) is 10.8 Å². The summed E-state index contributed by atoms with van der Waals surface area (Å²) in [5, 5.41) is 12.5. The van der Waals surface area contributed by atoms with Crippen LogP contribution in [0.5, 0.6) is 0 Å². The van der Waals surface area contributed by atoms with Crippen molar-refractivity contribution in [3.63, 3.8) is 0 Å². The first-order valence-corrected chi connectivity index (χ1v) is 4.62. The summed E-state index contributed by atoms with van der Waals surface area (Å²) in [6.45, 7) is 0. The molecule has 0 aliphatic heterocycles. The van der Waals surface area contributed by atoms with Crippen LogP contribution in [0, 0.1) is 0 Å². The average Bonchev–Trinajstić information content (AvgIpc) is 2.33. The van der Waals surface area contributed by atoms with Gasteiger partial charge in [0.1, 0.15) is 0 Å². The van der Waals surface area contributed by atoms with Gasteiger partial charge in [0.15, 0.2) is 0 Å². The highest BCUT2D eigenvalue weighted by molar-refractivity contribution is 7.08. The van der Waals surface area contributed by atoms with Crippen molar-refractivity contribution in [2.75, 3.05) is 0 Å². The first-order valence-electron chi connectivity index (χ1n) is 3.30. The zero-order chi connectivity index (χ0) is 9.14. The Bertz CT molecular complexity index is 287. The van der Waals surface area contributed by atoms with Crippen molar-refractivity contribution in [1.82, 2.24) is 0 Å². The molecule has 0 bridgehead atoms. The molecule has 0 unspecified atom stereocenters. The standard InChI is InChI=1S/C7H8ClNO2S/c8-5-3-12-2-4(5)6(9)1-7(10)11/h2-3,6H,1,9H2,(H,10,11)/t6-/m0/s1. The van der Waals surface area contributed by atoms with E-state index in [1.807, 2.05) is 0 Å². The summed E-state index contributed by atoms with van der Waals surface area (Å²) >= 11 is 7.17. The molecule has 0 fully saturated rings. The lowest BCUT2D eigenvalue weighted by atomic mass is 10.1. The van der Waals surface area contributed by atoms with Crippen LogP contribution in [-0.2, 0) is 4.79 Å². The Balaban J connectivity index is 2.71. The van der Waals surface area contributed by atoms with Gasteiger partial charge < -0.3 is 10.8 Å². The first kappa shape index (κ1) is 9.51. The van der Waals surface area contributed by atoms with Gasteiger partial charge in [-0.15, -0.1) is 0 Å². The maximum absolute atomic E-state index is 10.3. The van der Waals surface area contributed by atoms with Gasteiger partial charge in [-0.05, 0) is 10.9 Å². The van der Waals surface area contributed by atoms with E-state index >= 15 is 0 Å². The molecule has 12 heavy (non-hydrogen) atoms. The Kier molecular flexibility index (Phi) is 3.08. The minimum atomic E-state index is -0.912. The fraction of sp³-hybridized carbons (Fsp3) is 0.286. The van der Waals surface area contributed by atoms with Crippen LogP contribution in [0.2, 0.25) is 5.02 Å². The molecule has 3 nitrogen and oxygen atoms in total. The average molecular weight is 206 g/mol. The van der Waals surface area contributed by atoms with Crippen molar-refractivity contribution in [1.29, 1.82) is 0 Å². The molecule has 0 aliphatic carbocycles. The molecule has 0 radical (unpaired) electrons. The third-order valence-corrected chi connectivity index (χ3v) is 2.65. The number of carboxylic acid groups (broad SMARTS) is 1. The normalized spacial score (nSPS) is 12.8. The number of thiophene rings is 1. The predicted molar refractivity (Wildman–Crippen MR) is 48.5 cm³/mol. The van der Waals surface area contributed by atoms with E-state index in [4.69, 9.17) is 22.4 Å². The molecule has 1 aromatic heterocycles. The molecule has 66 valence electrons. The van der Waals surface area contributed by atoms with Crippen LogP contribution in [0.4, 0.5) is 0 Å². The highest BCUT2D eigenvalue weighted by Crippen LogP contribution is 2.26. The lowest BCUT2D eigenvalue weighted by Gasteiger charge is -2.06. The smallest absolute Gasteiger partial charge is 0.305 e. The highest BCUT2D eigenvalue weighted by Gasteiger charge is 2.13. The summed E-state index contributed by atoms with van der Waals surface area (Å²) in [7, 11) is 0. The molecule has 5 heteroatoms. The van der Waals surface area contributed by atoms with Gasteiger partial charge >= 0.3 is 5.97 Å². The Morgan fingerprint density at radius 3 is 2.83 bits per heavy atom. The largest absolute Gasteiger partial charge is 0.481 e. The second kappa shape index (κ2) is 3.89. The van der Waals surface area contributed by atoms with Crippen LogP contribution in [0.1, 0.15) is 18.0 Å². The quantitative estimate of drug-likeness (QED) is 0.792. The van der Waals surface area contributed by atoms with Crippen molar-refractivity contribution in [2.45, 2.75) is 12.5 Å². The third-order valence-electron chi connectivity index (χ3n) is 1.44. The van der Waals surface area contributed by atoms with E-state index in [1.165, 1.54) is 11.3 Å². The zero-order valence-corrected chi connectivity index (χ0v) is 7.73. The fourth-order valence-corrected chi connectivity index (χ4v) is 2.04. The molecule has 1 rings (SSSR count). The Hall–Kier alpha value is -0.580. The van der Waals surface area contributed by atoms with Crippen molar-refractivity contribution in [2.24, 2.45) is 5.73 Å². The molecule has 0 spiro atoms. The highest BCUT2D eigenvalue weighted by atomic mass is 35.5. The molecule has 0 amide bonds. The summed E-state index contributed by atoms with van der Waals surface area (Å²) in [6.07, 6.45) is -0.0869. The number of carbonyl (C=O) groups is 1. The lowest BCUT2D eigenvalue weighted by Crippen LogP contribution is -2.14. The van der Waals surface area contributed by atoms with Gasteiger partial charge in [0.05, 0.1) is 11.4 Å². The molecule has 1 heterocycles. The number of hydrogen-bond acceptors (Lipinski definition) is 3. The summed E-state index contributed by atoms with van der Waals surface area (Å²) in [5.41, 5.74) is 6.29. The van der Waals surface area contributed by atoms with Gasteiger partial charge in [0.2, 0.25) is 0 Å². The van der Waals surface area contributed by atoms with Gasteiger partial charge in [-0.25, -0.2) is 0 Å². The van der Waals surface area contributed by atoms with E-state index in [2.05, 4.69) is 0 Å². The van der Waals surface area contributed by atoms with Gasteiger partial charge in [-0.1, -0.05) is 11.6 Å². The maximum Gasteiger partial charge on any atom is 0.305 e. The number of aliphatic carboxylic acids is 1. The van der Waals surface area contributed by atoms with Crippen LogP contribution in [0.3, 0.4) is 0 Å². The minimum Gasteiger partial charge on any atom is -0.481 e. The van der Waals surface area contributed by atoms with Crippen LogP contribution in [0.25, 0.3) is 0 Å². The molecule has 1 atom stereocenters. The Morgan fingerprint density at radius 1 is 1.75 bits per heavy atom. The second-order valence-electron chi connectivity index (χ2n) is 2.38. The topological polar surface area (TPSA) is 63.3 Å². The summed E-state index contributed by atoms with van der Waals surface area (Å²) < 4.78 is 0. The molecule has 0 aromatic carbocycles. The van der Waals surface area contributed by atoms with Crippen molar-refractivity contribution in [3.8, 4) is 0 Å². The van der Waals surface area contributed by atoms with Gasteiger partial charge in [0.25, 0.3) is 0 Å². The number of hydrogen-bond donors (Lipinski definition) is 2. The molecular formula is C7H8ClNO2S.